The van der Waals surface area contributed by atoms with E-state index in [0.29, 0.717) is 11.4 Å². The molecule has 2 heterocycles. The number of fused-ring (bicyclic) bond motifs is 1. The lowest BCUT2D eigenvalue weighted by Gasteiger charge is -2.07. The van der Waals surface area contributed by atoms with E-state index in [2.05, 4.69) is 25.4 Å². The summed E-state index contributed by atoms with van der Waals surface area (Å²) in [7, 11) is 0. The molecule has 0 spiro atoms. The average Bonchev–Trinajstić information content (AvgIpc) is 2.94. The summed E-state index contributed by atoms with van der Waals surface area (Å²) in [5, 5.41) is 3.94. The second-order valence-electron chi connectivity index (χ2n) is 3.72. The number of pyridine rings is 1. The van der Waals surface area contributed by atoms with Crippen molar-refractivity contribution in [1.82, 2.24) is 20.0 Å². The van der Waals surface area contributed by atoms with E-state index in [4.69, 9.17) is 0 Å². The van der Waals surface area contributed by atoms with Gasteiger partial charge < -0.3 is 0 Å². The lowest BCUT2D eigenvalue weighted by molar-refractivity contribution is 0.0964. The Morgan fingerprint density at radius 3 is 2.95 bits per heavy atom. The Labute approximate surface area is 112 Å². The standard InChI is InChI=1S/C12H9N5OS/c18-12(16-15-10-6-1-2-7-13-10)8-4-3-5-9-11(8)19-17-14-9/h1-7H,(H,13,15)(H,16,18). The fraction of sp³-hybridized carbons (Fsp3) is 0. The van der Waals surface area contributed by atoms with Gasteiger partial charge in [-0.2, -0.15) is 0 Å². The molecule has 3 rings (SSSR count). The van der Waals surface area contributed by atoms with Gasteiger partial charge in [-0.15, -0.1) is 5.10 Å². The quantitative estimate of drug-likeness (QED) is 0.711. The number of amides is 1. The van der Waals surface area contributed by atoms with Crippen LogP contribution in [0.1, 0.15) is 10.4 Å². The third kappa shape index (κ3) is 2.36. The van der Waals surface area contributed by atoms with E-state index in [1.807, 2.05) is 12.1 Å². The fourth-order valence-electron chi connectivity index (χ4n) is 1.61. The van der Waals surface area contributed by atoms with Gasteiger partial charge in [0, 0.05) is 6.20 Å². The summed E-state index contributed by atoms with van der Waals surface area (Å²) in [6, 6.07) is 10.7. The van der Waals surface area contributed by atoms with Crippen LogP contribution in [0.2, 0.25) is 0 Å². The predicted molar refractivity (Wildman–Crippen MR) is 72.7 cm³/mol. The summed E-state index contributed by atoms with van der Waals surface area (Å²) in [4.78, 5) is 16.1. The number of carbonyl (C=O) groups is 1. The molecule has 1 amide bonds. The van der Waals surface area contributed by atoms with Crippen molar-refractivity contribution >= 4 is 33.5 Å². The van der Waals surface area contributed by atoms with E-state index in [1.54, 1.807) is 30.5 Å². The molecule has 2 aromatic heterocycles. The topological polar surface area (TPSA) is 79.8 Å². The van der Waals surface area contributed by atoms with Gasteiger partial charge in [0.2, 0.25) is 0 Å². The molecular formula is C12H9N5OS. The maximum absolute atomic E-state index is 12.1. The first-order valence-electron chi connectivity index (χ1n) is 5.53. The van der Waals surface area contributed by atoms with Gasteiger partial charge in [-0.3, -0.25) is 15.6 Å². The molecule has 6 nitrogen and oxygen atoms in total. The molecule has 0 aliphatic heterocycles. The molecule has 7 heteroatoms. The molecule has 0 saturated carbocycles. The third-order valence-corrected chi connectivity index (χ3v) is 3.26. The molecule has 0 fully saturated rings. The van der Waals surface area contributed by atoms with Crippen molar-refractivity contribution in [3.63, 3.8) is 0 Å². The van der Waals surface area contributed by atoms with Gasteiger partial charge in [0.05, 0.1) is 10.3 Å². The van der Waals surface area contributed by atoms with E-state index in [9.17, 15) is 4.79 Å². The first-order chi connectivity index (χ1) is 9.34. The number of aromatic nitrogens is 3. The molecule has 2 N–H and O–H groups in total. The monoisotopic (exact) mass is 271 g/mol. The number of benzene rings is 1. The fourth-order valence-corrected chi connectivity index (χ4v) is 2.28. The molecule has 0 saturated heterocycles. The van der Waals surface area contributed by atoms with Crippen LogP contribution < -0.4 is 10.9 Å². The Morgan fingerprint density at radius 1 is 1.16 bits per heavy atom. The number of hydrogen-bond donors (Lipinski definition) is 2. The highest BCUT2D eigenvalue weighted by atomic mass is 32.1. The summed E-state index contributed by atoms with van der Waals surface area (Å²) in [5.41, 5.74) is 6.61. The van der Waals surface area contributed by atoms with Crippen molar-refractivity contribution in [3.8, 4) is 0 Å². The van der Waals surface area contributed by atoms with Crippen molar-refractivity contribution in [2.45, 2.75) is 0 Å². The lowest BCUT2D eigenvalue weighted by atomic mass is 10.2. The van der Waals surface area contributed by atoms with E-state index >= 15 is 0 Å². The second-order valence-corrected chi connectivity index (χ2v) is 4.47. The molecule has 0 radical (unpaired) electrons. The van der Waals surface area contributed by atoms with Crippen LogP contribution >= 0.6 is 11.5 Å². The van der Waals surface area contributed by atoms with Gasteiger partial charge in [-0.1, -0.05) is 16.6 Å². The Hall–Kier alpha value is -2.54. The molecule has 19 heavy (non-hydrogen) atoms. The SMILES string of the molecule is O=C(NNc1ccccn1)c1cccc2nnsc12. The van der Waals surface area contributed by atoms with Crippen molar-refractivity contribution in [2.75, 3.05) is 5.43 Å². The highest BCUT2D eigenvalue weighted by Crippen LogP contribution is 2.19. The summed E-state index contributed by atoms with van der Waals surface area (Å²) in [6.45, 7) is 0. The van der Waals surface area contributed by atoms with Gasteiger partial charge in [-0.05, 0) is 35.8 Å². The van der Waals surface area contributed by atoms with Gasteiger partial charge in [0.1, 0.15) is 11.3 Å². The van der Waals surface area contributed by atoms with Gasteiger partial charge in [0.25, 0.3) is 5.91 Å². The molecule has 0 unspecified atom stereocenters. The maximum Gasteiger partial charge on any atom is 0.271 e. The van der Waals surface area contributed by atoms with Gasteiger partial charge >= 0.3 is 0 Å². The zero-order valence-electron chi connectivity index (χ0n) is 9.70. The second kappa shape index (κ2) is 4.99. The molecule has 3 aromatic rings. The number of anilines is 1. The summed E-state index contributed by atoms with van der Waals surface area (Å²) >= 11 is 1.20. The smallest absolute Gasteiger partial charge is 0.271 e. The molecule has 0 bridgehead atoms. The third-order valence-electron chi connectivity index (χ3n) is 2.49. The minimum Gasteiger partial charge on any atom is -0.282 e. The number of nitrogens with zero attached hydrogens (tertiary/aromatic N) is 3. The largest absolute Gasteiger partial charge is 0.282 e. The first kappa shape index (κ1) is 11.5. The van der Waals surface area contributed by atoms with Crippen molar-refractivity contribution in [2.24, 2.45) is 0 Å². The minimum absolute atomic E-state index is 0.248. The predicted octanol–water partition coefficient (Wildman–Crippen LogP) is 1.84. The van der Waals surface area contributed by atoms with Crippen molar-refractivity contribution in [3.05, 3.63) is 48.2 Å². The van der Waals surface area contributed by atoms with Crippen molar-refractivity contribution in [1.29, 1.82) is 0 Å². The highest BCUT2D eigenvalue weighted by Gasteiger charge is 2.12. The first-order valence-corrected chi connectivity index (χ1v) is 6.30. The molecular weight excluding hydrogens is 262 g/mol. The van der Waals surface area contributed by atoms with Crippen LogP contribution in [-0.4, -0.2) is 20.5 Å². The Morgan fingerprint density at radius 2 is 2.11 bits per heavy atom. The molecule has 0 atom stereocenters. The zero-order valence-corrected chi connectivity index (χ0v) is 10.5. The summed E-state index contributed by atoms with van der Waals surface area (Å²) in [6.07, 6.45) is 1.64. The van der Waals surface area contributed by atoms with Gasteiger partial charge in [-0.25, -0.2) is 4.98 Å². The number of rotatable bonds is 3. The van der Waals surface area contributed by atoms with Crippen LogP contribution in [0.25, 0.3) is 10.2 Å². The van der Waals surface area contributed by atoms with Crippen LogP contribution in [0.5, 0.6) is 0 Å². The van der Waals surface area contributed by atoms with Gasteiger partial charge in [0.15, 0.2) is 0 Å². The molecule has 94 valence electrons. The number of carbonyl (C=O) groups excluding carboxylic acids is 1. The highest BCUT2D eigenvalue weighted by molar-refractivity contribution is 7.13. The average molecular weight is 271 g/mol. The van der Waals surface area contributed by atoms with Crippen molar-refractivity contribution < 1.29 is 4.79 Å². The van der Waals surface area contributed by atoms with E-state index in [-0.39, 0.29) is 5.91 Å². The lowest BCUT2D eigenvalue weighted by Crippen LogP contribution is -2.29. The Bertz CT molecular complexity index is 712. The van der Waals surface area contributed by atoms with Crippen LogP contribution in [0.3, 0.4) is 0 Å². The summed E-state index contributed by atoms with van der Waals surface area (Å²) < 4.78 is 4.61. The Kier molecular flexibility index (Phi) is 3.03. The van der Waals surface area contributed by atoms with Crippen LogP contribution in [0.4, 0.5) is 5.82 Å². The number of hydrogen-bond acceptors (Lipinski definition) is 6. The van der Waals surface area contributed by atoms with E-state index < -0.39 is 0 Å². The molecule has 0 aliphatic carbocycles. The molecule has 1 aromatic carbocycles. The maximum atomic E-state index is 12.1. The molecule has 0 aliphatic rings. The number of nitrogens with one attached hydrogen (secondary N) is 2. The zero-order chi connectivity index (χ0) is 13.1. The number of hydrazine groups is 1. The minimum atomic E-state index is -0.248. The van der Waals surface area contributed by atoms with Crippen LogP contribution in [0.15, 0.2) is 42.6 Å². The van der Waals surface area contributed by atoms with E-state index in [1.165, 1.54) is 11.5 Å². The Balaban J connectivity index is 1.79. The van der Waals surface area contributed by atoms with Crippen LogP contribution in [-0.2, 0) is 0 Å². The van der Waals surface area contributed by atoms with Crippen LogP contribution in [0, 0.1) is 0 Å². The normalized spacial score (nSPS) is 10.3. The summed E-state index contributed by atoms with van der Waals surface area (Å²) in [5.74, 6) is 0.327. The van der Waals surface area contributed by atoms with E-state index in [0.717, 1.165) is 10.2 Å².